The van der Waals surface area contributed by atoms with Gasteiger partial charge in [-0.05, 0) is 62.4 Å². The van der Waals surface area contributed by atoms with Gasteiger partial charge in [-0.15, -0.1) is 12.4 Å². The summed E-state index contributed by atoms with van der Waals surface area (Å²) in [6.45, 7) is 1.85. The number of amides is 3. The highest BCUT2D eigenvalue weighted by atomic mass is 35.5. The van der Waals surface area contributed by atoms with Crippen molar-refractivity contribution in [3.63, 3.8) is 0 Å². The predicted molar refractivity (Wildman–Crippen MR) is 108 cm³/mol. The second-order valence-electron chi connectivity index (χ2n) is 7.07. The van der Waals surface area contributed by atoms with E-state index in [0.29, 0.717) is 18.8 Å². The number of ether oxygens (including phenoxy) is 1. The van der Waals surface area contributed by atoms with E-state index in [2.05, 4.69) is 16.0 Å². The van der Waals surface area contributed by atoms with Gasteiger partial charge in [-0.3, -0.25) is 4.79 Å². The van der Waals surface area contributed by atoms with Crippen molar-refractivity contribution in [2.24, 2.45) is 17.6 Å². The largest absolute Gasteiger partial charge is 0.376 e. The summed E-state index contributed by atoms with van der Waals surface area (Å²) < 4.78 is 5.47. The molecule has 2 aliphatic rings. The first-order valence-electron chi connectivity index (χ1n) is 9.43. The maximum absolute atomic E-state index is 12.4. The molecule has 27 heavy (non-hydrogen) atoms. The lowest BCUT2D eigenvalue weighted by atomic mass is 9.95. The van der Waals surface area contributed by atoms with Crippen molar-refractivity contribution in [1.82, 2.24) is 5.32 Å². The predicted octanol–water partition coefficient (Wildman–Crippen LogP) is 2.72. The van der Waals surface area contributed by atoms with Crippen LogP contribution in [0, 0.1) is 11.8 Å². The lowest BCUT2D eigenvalue weighted by Crippen LogP contribution is -2.35. The number of nitrogens with one attached hydrogen (secondary N) is 3. The average molecular weight is 397 g/mol. The fourth-order valence-electron chi connectivity index (χ4n) is 3.72. The SMILES string of the molecule is Cl.NC[C@H]1CCC[C@H]1C(=O)Nc1ccc(NC(=O)NCC2CCCO2)cc1. The summed E-state index contributed by atoms with van der Waals surface area (Å²) in [6, 6.07) is 6.88. The van der Waals surface area contributed by atoms with Crippen molar-refractivity contribution in [3.8, 4) is 0 Å². The van der Waals surface area contributed by atoms with Gasteiger partial charge in [0.1, 0.15) is 0 Å². The van der Waals surface area contributed by atoms with Crippen LogP contribution >= 0.6 is 12.4 Å². The van der Waals surface area contributed by atoms with Gasteiger partial charge >= 0.3 is 6.03 Å². The van der Waals surface area contributed by atoms with Gasteiger partial charge in [-0.2, -0.15) is 0 Å². The summed E-state index contributed by atoms with van der Waals surface area (Å²) in [7, 11) is 0. The van der Waals surface area contributed by atoms with E-state index in [9.17, 15) is 9.59 Å². The fourth-order valence-corrected chi connectivity index (χ4v) is 3.72. The fraction of sp³-hybridized carbons (Fsp3) is 0.579. The van der Waals surface area contributed by atoms with Crippen LogP contribution in [0.4, 0.5) is 16.2 Å². The molecule has 1 aliphatic heterocycles. The first kappa shape index (κ1) is 21.5. The molecule has 0 spiro atoms. The van der Waals surface area contributed by atoms with Crippen LogP contribution in [0.25, 0.3) is 0 Å². The van der Waals surface area contributed by atoms with E-state index in [1.165, 1.54) is 0 Å². The third-order valence-electron chi connectivity index (χ3n) is 5.22. The Morgan fingerprint density at radius 1 is 1.04 bits per heavy atom. The zero-order valence-electron chi connectivity index (χ0n) is 15.4. The van der Waals surface area contributed by atoms with E-state index >= 15 is 0 Å². The van der Waals surface area contributed by atoms with Crippen LogP contribution in [0.2, 0.25) is 0 Å². The second-order valence-corrected chi connectivity index (χ2v) is 7.07. The van der Waals surface area contributed by atoms with Crippen LogP contribution in [0.5, 0.6) is 0 Å². The number of hydrogen-bond acceptors (Lipinski definition) is 4. The molecule has 3 amide bonds. The van der Waals surface area contributed by atoms with Crippen molar-refractivity contribution >= 4 is 35.7 Å². The van der Waals surface area contributed by atoms with Crippen LogP contribution in [-0.4, -0.2) is 37.7 Å². The number of halogens is 1. The minimum absolute atomic E-state index is 0. The van der Waals surface area contributed by atoms with Gasteiger partial charge < -0.3 is 26.4 Å². The summed E-state index contributed by atoms with van der Waals surface area (Å²) >= 11 is 0. The van der Waals surface area contributed by atoms with Crippen molar-refractivity contribution in [1.29, 1.82) is 0 Å². The Balaban J connectivity index is 0.00000261. The molecule has 7 nitrogen and oxygen atoms in total. The zero-order chi connectivity index (χ0) is 18.4. The number of benzene rings is 1. The van der Waals surface area contributed by atoms with Gasteiger partial charge in [0.25, 0.3) is 0 Å². The highest BCUT2D eigenvalue weighted by molar-refractivity contribution is 5.94. The molecule has 5 N–H and O–H groups in total. The summed E-state index contributed by atoms with van der Waals surface area (Å²) in [6.07, 6.45) is 5.14. The molecule has 1 heterocycles. The number of urea groups is 1. The van der Waals surface area contributed by atoms with E-state index in [4.69, 9.17) is 10.5 Å². The number of anilines is 2. The molecule has 0 radical (unpaired) electrons. The van der Waals surface area contributed by atoms with Crippen molar-refractivity contribution in [2.75, 3.05) is 30.3 Å². The average Bonchev–Trinajstić information content (AvgIpc) is 3.33. The van der Waals surface area contributed by atoms with Gasteiger partial charge in [-0.1, -0.05) is 6.42 Å². The Morgan fingerprint density at radius 3 is 2.37 bits per heavy atom. The minimum atomic E-state index is -0.256. The summed E-state index contributed by atoms with van der Waals surface area (Å²) in [4.78, 5) is 24.3. The molecule has 3 atom stereocenters. The molecular weight excluding hydrogens is 368 g/mol. The Hall–Kier alpha value is -1.83. The molecule has 150 valence electrons. The summed E-state index contributed by atoms with van der Waals surface area (Å²) in [5.74, 6) is 0.317. The number of carbonyl (C=O) groups is 2. The molecule has 1 aromatic carbocycles. The van der Waals surface area contributed by atoms with Gasteiger partial charge in [0, 0.05) is 30.4 Å². The molecule has 8 heteroatoms. The molecular formula is C19H29ClN4O3. The smallest absolute Gasteiger partial charge is 0.319 e. The van der Waals surface area contributed by atoms with E-state index in [1.807, 2.05) is 0 Å². The maximum atomic E-state index is 12.4. The normalized spacial score (nSPS) is 24.1. The van der Waals surface area contributed by atoms with Crippen LogP contribution in [0.3, 0.4) is 0 Å². The Kier molecular flexibility index (Phi) is 8.34. The van der Waals surface area contributed by atoms with E-state index in [0.717, 1.165) is 44.4 Å². The van der Waals surface area contributed by atoms with Gasteiger partial charge in [-0.25, -0.2) is 4.79 Å². The number of rotatable bonds is 6. The first-order valence-corrected chi connectivity index (χ1v) is 9.43. The molecule has 3 rings (SSSR count). The lowest BCUT2D eigenvalue weighted by Gasteiger charge is -2.17. The quantitative estimate of drug-likeness (QED) is 0.593. The highest BCUT2D eigenvalue weighted by Crippen LogP contribution is 2.31. The molecule has 0 aromatic heterocycles. The van der Waals surface area contributed by atoms with E-state index in [-0.39, 0.29) is 42.3 Å². The Morgan fingerprint density at radius 2 is 1.74 bits per heavy atom. The van der Waals surface area contributed by atoms with Crippen LogP contribution in [-0.2, 0) is 9.53 Å². The minimum Gasteiger partial charge on any atom is -0.376 e. The summed E-state index contributed by atoms with van der Waals surface area (Å²) in [5.41, 5.74) is 7.15. The number of nitrogens with two attached hydrogens (primary N) is 1. The van der Waals surface area contributed by atoms with E-state index < -0.39 is 0 Å². The van der Waals surface area contributed by atoms with Gasteiger partial charge in [0.05, 0.1) is 6.10 Å². The van der Waals surface area contributed by atoms with Gasteiger partial charge in [0.2, 0.25) is 5.91 Å². The highest BCUT2D eigenvalue weighted by Gasteiger charge is 2.31. The molecule has 1 unspecified atom stereocenters. The second kappa shape index (κ2) is 10.5. The van der Waals surface area contributed by atoms with Crippen molar-refractivity contribution in [3.05, 3.63) is 24.3 Å². The number of hydrogen-bond donors (Lipinski definition) is 4. The van der Waals surface area contributed by atoms with Crippen LogP contribution < -0.4 is 21.7 Å². The third-order valence-corrected chi connectivity index (χ3v) is 5.22. The lowest BCUT2D eigenvalue weighted by molar-refractivity contribution is -0.120. The summed E-state index contributed by atoms with van der Waals surface area (Å²) in [5, 5.41) is 8.55. The maximum Gasteiger partial charge on any atom is 0.319 e. The zero-order valence-corrected chi connectivity index (χ0v) is 16.2. The third kappa shape index (κ3) is 6.09. The molecule has 1 saturated heterocycles. The molecule has 2 fully saturated rings. The first-order chi connectivity index (χ1) is 12.7. The monoisotopic (exact) mass is 396 g/mol. The van der Waals surface area contributed by atoms with Crippen molar-refractivity contribution < 1.29 is 14.3 Å². The molecule has 0 bridgehead atoms. The number of carbonyl (C=O) groups excluding carboxylic acids is 2. The van der Waals surface area contributed by atoms with Gasteiger partial charge in [0.15, 0.2) is 0 Å². The van der Waals surface area contributed by atoms with Crippen LogP contribution in [0.1, 0.15) is 32.1 Å². The standard InChI is InChI=1S/C19H28N4O3.ClH/c20-11-13-3-1-5-17(13)18(24)22-14-6-8-15(9-7-14)23-19(25)21-12-16-4-2-10-26-16;/h6-9,13,16-17H,1-5,10-12,20H2,(H,22,24)(H2,21,23,25);1H/t13-,16?,17-;/m1./s1. The molecule has 1 aliphatic carbocycles. The molecule has 1 saturated carbocycles. The van der Waals surface area contributed by atoms with Crippen molar-refractivity contribution in [2.45, 2.75) is 38.2 Å². The Labute approximate surface area is 166 Å². The Bertz CT molecular complexity index is 620. The van der Waals surface area contributed by atoms with E-state index in [1.54, 1.807) is 24.3 Å². The molecule has 1 aromatic rings. The van der Waals surface area contributed by atoms with Crippen LogP contribution in [0.15, 0.2) is 24.3 Å². The topological polar surface area (TPSA) is 105 Å².